The van der Waals surface area contributed by atoms with Crippen LogP contribution in [0.3, 0.4) is 0 Å². The van der Waals surface area contributed by atoms with Gasteiger partial charge in [0.25, 0.3) is 11.8 Å². The predicted molar refractivity (Wildman–Crippen MR) is 103 cm³/mol. The third-order valence-corrected chi connectivity index (χ3v) is 4.31. The normalized spacial score (nSPS) is 12.3. The molecule has 6 N–H and O–H groups in total. The molecule has 14 heteroatoms. The maximum absolute atomic E-state index is 12.3. The van der Waals surface area contributed by atoms with E-state index in [1.54, 1.807) is 0 Å². The Labute approximate surface area is 179 Å². The van der Waals surface area contributed by atoms with Crippen molar-refractivity contribution in [3.63, 3.8) is 0 Å². The lowest BCUT2D eigenvalue weighted by atomic mass is 10.1. The van der Waals surface area contributed by atoms with Gasteiger partial charge in [0.1, 0.15) is 12.1 Å². The van der Waals surface area contributed by atoms with Crippen LogP contribution in [-0.2, 0) is 19.2 Å². The van der Waals surface area contributed by atoms with Crippen molar-refractivity contribution in [3.05, 3.63) is 23.3 Å². The second-order valence-electron chi connectivity index (χ2n) is 5.81. The summed E-state index contributed by atoms with van der Waals surface area (Å²) in [4.78, 5) is 67.9. The maximum Gasteiger partial charge on any atom is 0.326 e. The molecule has 0 bridgehead atoms. The highest BCUT2D eigenvalue weighted by atomic mass is 32.1. The van der Waals surface area contributed by atoms with Crippen LogP contribution in [0.15, 0.2) is 21.9 Å². The standard InChI is InChI=1S/C16H16N2O10S2/c19-11(20)3-7(15(25)26)17-13(23)5-1-9(29)6(2-10(5)30)14(24)18-8(16(27)28)4-12(21)22/h1-2,7-8,29-30H,3-4H2,(H,17,23)(H,18,24)(H,19,20)(H,21,22)(H,25,26)(H,27,28)/t7-,8-/m0/s1. The lowest BCUT2D eigenvalue weighted by Gasteiger charge is -2.16. The van der Waals surface area contributed by atoms with Crippen LogP contribution in [0.5, 0.6) is 0 Å². The molecule has 1 rings (SSSR count). The molecular weight excluding hydrogens is 444 g/mol. The van der Waals surface area contributed by atoms with Gasteiger partial charge in [0.2, 0.25) is 0 Å². The van der Waals surface area contributed by atoms with Gasteiger partial charge in [-0.25, -0.2) is 9.59 Å². The van der Waals surface area contributed by atoms with Crippen molar-refractivity contribution in [2.45, 2.75) is 34.7 Å². The molecule has 162 valence electrons. The lowest BCUT2D eigenvalue weighted by molar-refractivity contribution is -0.145. The van der Waals surface area contributed by atoms with Gasteiger partial charge in [-0.3, -0.25) is 19.2 Å². The van der Waals surface area contributed by atoms with Crippen LogP contribution in [0.2, 0.25) is 0 Å². The summed E-state index contributed by atoms with van der Waals surface area (Å²) in [6.45, 7) is 0. The number of benzene rings is 1. The molecule has 0 unspecified atom stereocenters. The number of aliphatic carboxylic acids is 4. The van der Waals surface area contributed by atoms with E-state index in [0.717, 1.165) is 12.1 Å². The van der Waals surface area contributed by atoms with Crippen molar-refractivity contribution in [1.82, 2.24) is 10.6 Å². The zero-order chi connectivity index (χ0) is 23.2. The van der Waals surface area contributed by atoms with Gasteiger partial charge in [-0.15, -0.1) is 25.3 Å². The molecule has 0 aliphatic rings. The molecule has 2 atom stereocenters. The summed E-state index contributed by atoms with van der Waals surface area (Å²) in [5.74, 6) is -8.05. The minimum Gasteiger partial charge on any atom is -0.481 e. The van der Waals surface area contributed by atoms with Crippen molar-refractivity contribution >= 4 is 60.9 Å². The molecule has 0 saturated carbocycles. The molecule has 2 amide bonds. The molecule has 0 radical (unpaired) electrons. The number of carboxylic acid groups (broad SMARTS) is 4. The first-order chi connectivity index (χ1) is 13.8. The van der Waals surface area contributed by atoms with Crippen molar-refractivity contribution in [3.8, 4) is 0 Å². The predicted octanol–water partition coefficient (Wildman–Crippen LogP) is -0.421. The summed E-state index contributed by atoms with van der Waals surface area (Å²) in [5.41, 5.74) is -0.450. The lowest BCUT2D eigenvalue weighted by Crippen LogP contribution is -2.43. The molecule has 0 aliphatic carbocycles. The quantitative estimate of drug-likeness (QED) is 0.211. The van der Waals surface area contributed by atoms with E-state index < -0.39 is 60.6 Å². The van der Waals surface area contributed by atoms with Gasteiger partial charge in [0, 0.05) is 9.79 Å². The van der Waals surface area contributed by atoms with Crippen molar-refractivity contribution in [2.75, 3.05) is 0 Å². The fourth-order valence-corrected chi connectivity index (χ4v) is 2.75. The van der Waals surface area contributed by atoms with Gasteiger partial charge < -0.3 is 31.1 Å². The summed E-state index contributed by atoms with van der Waals surface area (Å²) >= 11 is 8.06. The largest absolute Gasteiger partial charge is 0.481 e. The van der Waals surface area contributed by atoms with Crippen molar-refractivity contribution in [2.24, 2.45) is 0 Å². The van der Waals surface area contributed by atoms with Crippen molar-refractivity contribution in [1.29, 1.82) is 0 Å². The number of carboxylic acids is 4. The van der Waals surface area contributed by atoms with E-state index >= 15 is 0 Å². The van der Waals surface area contributed by atoms with Crippen LogP contribution in [0, 0.1) is 0 Å². The number of nitrogens with one attached hydrogen (secondary N) is 2. The Morgan fingerprint density at radius 3 is 1.23 bits per heavy atom. The van der Waals surface area contributed by atoms with Gasteiger partial charge in [-0.1, -0.05) is 0 Å². The van der Waals surface area contributed by atoms with E-state index in [1.807, 2.05) is 10.6 Å². The van der Waals surface area contributed by atoms with E-state index in [4.69, 9.17) is 20.4 Å². The van der Waals surface area contributed by atoms with E-state index in [0.29, 0.717) is 0 Å². The third-order valence-electron chi connectivity index (χ3n) is 3.57. The smallest absolute Gasteiger partial charge is 0.326 e. The zero-order valence-electron chi connectivity index (χ0n) is 14.9. The monoisotopic (exact) mass is 460 g/mol. The summed E-state index contributed by atoms with van der Waals surface area (Å²) < 4.78 is 0. The summed E-state index contributed by atoms with van der Waals surface area (Å²) in [7, 11) is 0. The Kier molecular flexibility index (Phi) is 8.67. The first-order valence-electron chi connectivity index (χ1n) is 7.90. The number of hydrogen-bond acceptors (Lipinski definition) is 8. The molecule has 30 heavy (non-hydrogen) atoms. The molecule has 0 fully saturated rings. The van der Waals surface area contributed by atoms with Crippen LogP contribution < -0.4 is 10.6 Å². The van der Waals surface area contributed by atoms with Gasteiger partial charge in [-0.05, 0) is 12.1 Å². The third kappa shape index (κ3) is 6.97. The van der Waals surface area contributed by atoms with E-state index in [2.05, 4.69) is 25.3 Å². The molecule has 1 aromatic carbocycles. The van der Waals surface area contributed by atoms with Gasteiger partial charge in [0.05, 0.1) is 24.0 Å². The van der Waals surface area contributed by atoms with Gasteiger partial charge >= 0.3 is 23.9 Å². The first-order valence-corrected chi connectivity index (χ1v) is 8.79. The zero-order valence-corrected chi connectivity index (χ0v) is 16.6. The summed E-state index contributed by atoms with van der Waals surface area (Å²) in [6.07, 6.45) is -1.76. The summed E-state index contributed by atoms with van der Waals surface area (Å²) in [5, 5.41) is 39.4. The van der Waals surface area contributed by atoms with E-state index in [1.165, 1.54) is 0 Å². The highest BCUT2D eigenvalue weighted by Gasteiger charge is 2.27. The molecule has 0 spiro atoms. The number of hydrogen-bond donors (Lipinski definition) is 8. The van der Waals surface area contributed by atoms with Crippen LogP contribution in [0.4, 0.5) is 0 Å². The molecule has 0 heterocycles. The van der Waals surface area contributed by atoms with Crippen LogP contribution in [0.1, 0.15) is 33.6 Å². The maximum atomic E-state index is 12.3. The fraction of sp³-hybridized carbons (Fsp3) is 0.250. The Hall–Kier alpha value is -3.26. The van der Waals surface area contributed by atoms with Crippen LogP contribution in [0.25, 0.3) is 0 Å². The van der Waals surface area contributed by atoms with Crippen LogP contribution >= 0.6 is 25.3 Å². The number of rotatable bonds is 10. The number of carbonyl (C=O) groups is 6. The molecular formula is C16H16N2O10S2. The molecule has 0 saturated heterocycles. The SMILES string of the molecule is O=C(O)C[C@H](NC(=O)c1cc(S)c(C(=O)N[C@@H](CC(=O)O)C(=O)O)cc1S)C(=O)O. The van der Waals surface area contributed by atoms with Crippen molar-refractivity contribution < 1.29 is 49.2 Å². The molecule has 0 aliphatic heterocycles. The Bertz CT molecular complexity index is 844. The van der Waals surface area contributed by atoms with E-state index in [-0.39, 0.29) is 20.9 Å². The Balaban J connectivity index is 3.10. The number of thiol groups is 2. The molecule has 1 aromatic rings. The highest BCUT2D eigenvalue weighted by Crippen LogP contribution is 2.23. The first kappa shape index (κ1) is 24.8. The van der Waals surface area contributed by atoms with Crippen LogP contribution in [-0.4, -0.2) is 68.2 Å². The fourth-order valence-electron chi connectivity index (χ4n) is 2.16. The molecule has 12 nitrogen and oxygen atoms in total. The van der Waals surface area contributed by atoms with Gasteiger partial charge in [0.15, 0.2) is 0 Å². The second-order valence-corrected chi connectivity index (χ2v) is 6.77. The minimum atomic E-state index is -1.72. The summed E-state index contributed by atoms with van der Waals surface area (Å²) in [6, 6.07) is -1.35. The average Bonchev–Trinajstić information content (AvgIpc) is 2.60. The highest BCUT2D eigenvalue weighted by molar-refractivity contribution is 7.80. The van der Waals surface area contributed by atoms with E-state index in [9.17, 15) is 28.8 Å². The van der Waals surface area contributed by atoms with Gasteiger partial charge in [-0.2, -0.15) is 0 Å². The number of carbonyl (C=O) groups excluding carboxylic acids is 2. The average molecular weight is 460 g/mol. The Morgan fingerprint density at radius 2 is 1.00 bits per heavy atom. The number of amides is 2. The molecule has 0 aromatic heterocycles. The minimum absolute atomic E-state index is 0.125. The second kappa shape index (κ2) is 10.5. The topological polar surface area (TPSA) is 207 Å². The Morgan fingerprint density at radius 1 is 0.700 bits per heavy atom.